The van der Waals surface area contributed by atoms with E-state index in [4.69, 9.17) is 9.92 Å². The summed E-state index contributed by atoms with van der Waals surface area (Å²) in [6, 6.07) is 11.2. The third kappa shape index (κ3) is 5.02. The average Bonchev–Trinajstić information content (AvgIpc) is 2.50. The van der Waals surface area contributed by atoms with Gasteiger partial charge in [-0.2, -0.15) is 13.5 Å². The highest BCUT2D eigenvalue weighted by Gasteiger charge is 2.18. The van der Waals surface area contributed by atoms with Gasteiger partial charge in [-0.05, 0) is 71.0 Å². The van der Waals surface area contributed by atoms with Crippen LogP contribution in [0.15, 0.2) is 56.9 Å². The molecule has 0 amide bonds. The van der Waals surface area contributed by atoms with E-state index in [1.807, 2.05) is 6.92 Å². The molecule has 0 spiro atoms. The van der Waals surface area contributed by atoms with Gasteiger partial charge in [-0.1, -0.05) is 17.7 Å². The summed E-state index contributed by atoms with van der Waals surface area (Å²) in [5.41, 5.74) is 9.35. The normalized spacial score (nSPS) is 11.4. The smallest absolute Gasteiger partial charge is 0.339 e. The van der Waals surface area contributed by atoms with Gasteiger partial charge in [-0.3, -0.25) is 5.43 Å². The molecule has 2 aromatic rings. The van der Waals surface area contributed by atoms with Crippen molar-refractivity contribution in [2.45, 2.75) is 11.8 Å². The lowest BCUT2D eigenvalue weighted by atomic mass is 10.2. The summed E-state index contributed by atoms with van der Waals surface area (Å²) < 4.78 is 30.2. The molecule has 3 N–H and O–H groups in total. The number of rotatable bonds is 5. The molecule has 0 unspecified atom stereocenters. The summed E-state index contributed by atoms with van der Waals surface area (Å²) in [5, 5.41) is 3.87. The van der Waals surface area contributed by atoms with E-state index in [0.717, 1.165) is 5.56 Å². The summed E-state index contributed by atoms with van der Waals surface area (Å²) in [7, 11) is -3.90. The minimum Gasteiger partial charge on any atom is -0.378 e. The van der Waals surface area contributed by atoms with E-state index in [1.165, 1.54) is 24.4 Å². The summed E-state index contributed by atoms with van der Waals surface area (Å²) in [6.07, 6.45) is 1.49. The number of halogens is 1. The average molecular weight is 428 g/mol. The van der Waals surface area contributed by atoms with E-state index in [0.29, 0.717) is 10.0 Å². The van der Waals surface area contributed by atoms with E-state index in [1.54, 1.807) is 24.3 Å². The highest BCUT2D eigenvalue weighted by molar-refractivity contribution is 9.10. The predicted molar refractivity (Wildman–Crippen MR) is 101 cm³/mol. The molecule has 0 atom stereocenters. The highest BCUT2D eigenvalue weighted by atomic mass is 79.9. The molecule has 0 saturated carbocycles. The molecule has 0 bridgehead atoms. The Morgan fingerprint density at radius 1 is 1.29 bits per heavy atom. The summed E-state index contributed by atoms with van der Waals surface area (Å²) in [4.78, 5) is 0.0892. The predicted octanol–water partition coefficient (Wildman–Crippen LogP) is 2.69. The highest BCUT2D eigenvalue weighted by Crippen LogP contribution is 2.28. The van der Waals surface area contributed by atoms with Gasteiger partial charge >= 0.3 is 10.1 Å². The van der Waals surface area contributed by atoms with Crippen LogP contribution < -0.4 is 15.3 Å². The van der Waals surface area contributed by atoms with Crippen LogP contribution in [0.3, 0.4) is 0 Å². The Bertz CT molecular complexity index is 881. The fourth-order valence-electron chi connectivity index (χ4n) is 1.71. The van der Waals surface area contributed by atoms with Crippen LogP contribution in [0.5, 0.6) is 5.75 Å². The largest absolute Gasteiger partial charge is 0.378 e. The summed E-state index contributed by atoms with van der Waals surface area (Å²) in [5.74, 6) is 0.176. The molecule has 0 aromatic heterocycles. The van der Waals surface area contributed by atoms with Crippen molar-refractivity contribution in [2.24, 2.45) is 10.8 Å². The lowest BCUT2D eigenvalue weighted by Crippen LogP contribution is -2.23. The maximum absolute atomic E-state index is 12.3. The molecule has 0 aliphatic heterocycles. The van der Waals surface area contributed by atoms with Crippen molar-refractivity contribution in [1.82, 2.24) is 5.43 Å². The zero-order valence-electron chi connectivity index (χ0n) is 12.6. The Morgan fingerprint density at radius 2 is 1.96 bits per heavy atom. The zero-order chi connectivity index (χ0) is 17.7. The van der Waals surface area contributed by atoms with Gasteiger partial charge in [0.15, 0.2) is 10.9 Å². The van der Waals surface area contributed by atoms with E-state index < -0.39 is 10.1 Å². The number of thiocarbonyl (C=S) groups is 1. The first-order valence-electron chi connectivity index (χ1n) is 6.67. The van der Waals surface area contributed by atoms with Gasteiger partial charge in [-0.25, -0.2) is 0 Å². The number of nitrogens with one attached hydrogen (secondary N) is 1. The standard InChI is InChI=1S/C15H14BrN3O3S2/c1-10-2-5-12(6-3-10)24(20,21)22-14-7-4-11(8-13(14)16)9-18-19-15(17)23/h2-9H,1H3,(H3,17,19,23)/b18-9-. The number of nitrogens with zero attached hydrogens (tertiary/aromatic N) is 1. The van der Waals surface area contributed by atoms with E-state index >= 15 is 0 Å². The molecule has 2 aromatic carbocycles. The fourth-order valence-corrected chi connectivity index (χ4v) is 3.29. The van der Waals surface area contributed by atoms with Crippen molar-refractivity contribution in [3.63, 3.8) is 0 Å². The van der Waals surface area contributed by atoms with E-state index in [-0.39, 0.29) is 15.8 Å². The molecule has 9 heteroatoms. The van der Waals surface area contributed by atoms with Crippen molar-refractivity contribution in [3.05, 3.63) is 58.1 Å². The van der Waals surface area contributed by atoms with E-state index in [2.05, 4.69) is 38.7 Å². The maximum atomic E-state index is 12.3. The molecule has 126 valence electrons. The molecule has 6 nitrogen and oxygen atoms in total. The minimum absolute atomic E-state index is 0.0504. The molecule has 0 aliphatic carbocycles. The van der Waals surface area contributed by atoms with Gasteiger partial charge in [0, 0.05) is 0 Å². The monoisotopic (exact) mass is 427 g/mol. The number of benzene rings is 2. The number of nitrogens with two attached hydrogens (primary N) is 1. The molecular formula is C15H14BrN3O3S2. The third-order valence-corrected chi connectivity index (χ3v) is 4.81. The maximum Gasteiger partial charge on any atom is 0.339 e. The molecular weight excluding hydrogens is 414 g/mol. The van der Waals surface area contributed by atoms with Crippen LogP contribution in [0, 0.1) is 6.92 Å². The summed E-state index contributed by atoms with van der Waals surface area (Å²) >= 11 is 7.91. The van der Waals surface area contributed by atoms with Gasteiger partial charge in [-0.15, -0.1) is 0 Å². The molecule has 0 fully saturated rings. The second-order valence-electron chi connectivity index (χ2n) is 4.77. The lowest BCUT2D eigenvalue weighted by molar-refractivity contribution is 0.484. The van der Waals surface area contributed by atoms with Crippen LogP contribution in [-0.4, -0.2) is 19.7 Å². The number of aryl methyl sites for hydroxylation is 1. The third-order valence-electron chi connectivity index (χ3n) is 2.85. The second-order valence-corrected chi connectivity index (χ2v) is 7.62. The van der Waals surface area contributed by atoms with Crippen molar-refractivity contribution in [1.29, 1.82) is 0 Å². The zero-order valence-corrected chi connectivity index (χ0v) is 15.8. The first-order chi connectivity index (χ1) is 11.3. The van der Waals surface area contributed by atoms with Crippen LogP contribution in [0.4, 0.5) is 0 Å². The Hall–Kier alpha value is -1.97. The summed E-state index contributed by atoms with van der Waals surface area (Å²) in [6.45, 7) is 1.88. The van der Waals surface area contributed by atoms with Crippen LogP contribution in [0.25, 0.3) is 0 Å². The van der Waals surface area contributed by atoms with Gasteiger partial charge in [0.2, 0.25) is 0 Å². The first-order valence-corrected chi connectivity index (χ1v) is 9.28. The number of hydrogen-bond acceptors (Lipinski definition) is 5. The first kappa shape index (κ1) is 18.4. The van der Waals surface area contributed by atoms with E-state index in [9.17, 15) is 8.42 Å². The van der Waals surface area contributed by atoms with Gasteiger partial charge in [0.1, 0.15) is 4.90 Å². The number of hydrazone groups is 1. The second kappa shape index (κ2) is 7.73. The van der Waals surface area contributed by atoms with Crippen molar-refractivity contribution < 1.29 is 12.6 Å². The van der Waals surface area contributed by atoms with Gasteiger partial charge < -0.3 is 9.92 Å². The molecule has 0 radical (unpaired) electrons. The minimum atomic E-state index is -3.90. The SMILES string of the molecule is Cc1ccc(S(=O)(=O)Oc2ccc(/C=N\NC(N)=S)cc2Br)cc1. The van der Waals surface area contributed by atoms with Gasteiger partial charge in [0.05, 0.1) is 10.7 Å². The van der Waals surface area contributed by atoms with Crippen LogP contribution in [0.1, 0.15) is 11.1 Å². The topological polar surface area (TPSA) is 93.8 Å². The molecule has 0 aliphatic rings. The molecule has 0 heterocycles. The van der Waals surface area contributed by atoms with Crippen molar-refractivity contribution in [2.75, 3.05) is 0 Å². The quantitative estimate of drug-likeness (QED) is 0.329. The molecule has 24 heavy (non-hydrogen) atoms. The van der Waals surface area contributed by atoms with Crippen molar-refractivity contribution in [3.8, 4) is 5.75 Å². The van der Waals surface area contributed by atoms with Crippen LogP contribution in [-0.2, 0) is 10.1 Å². The Labute approximate surface area is 154 Å². The molecule has 2 rings (SSSR count). The van der Waals surface area contributed by atoms with Gasteiger partial charge in [0.25, 0.3) is 0 Å². The van der Waals surface area contributed by atoms with Crippen LogP contribution >= 0.6 is 28.1 Å². The Morgan fingerprint density at radius 3 is 2.54 bits per heavy atom. The number of hydrogen-bond donors (Lipinski definition) is 2. The Balaban J connectivity index is 2.19. The lowest BCUT2D eigenvalue weighted by Gasteiger charge is -2.09. The van der Waals surface area contributed by atoms with Crippen LogP contribution in [0.2, 0.25) is 0 Å². The fraction of sp³-hybridized carbons (Fsp3) is 0.0667. The molecule has 0 saturated heterocycles. The van der Waals surface area contributed by atoms with Crippen molar-refractivity contribution >= 4 is 49.6 Å². The Kier molecular flexibility index (Phi) is 5.92.